The van der Waals surface area contributed by atoms with Crippen LogP contribution in [0.1, 0.15) is 17.9 Å². The summed E-state index contributed by atoms with van der Waals surface area (Å²) in [5.41, 5.74) is 2.50. The van der Waals surface area contributed by atoms with Gasteiger partial charge in [0, 0.05) is 35.7 Å². The molecule has 4 rings (SSSR count). The van der Waals surface area contributed by atoms with Crippen molar-refractivity contribution in [2.75, 3.05) is 5.32 Å². The van der Waals surface area contributed by atoms with Crippen LogP contribution >= 0.6 is 11.3 Å². The SMILES string of the molecule is Cc1cc(NC(=O)CCc2nnc(-c3ccsc3)o2)ccc1Oc1cccnc1. The van der Waals surface area contributed by atoms with Gasteiger partial charge in [0.15, 0.2) is 0 Å². The van der Waals surface area contributed by atoms with E-state index in [0.29, 0.717) is 35.4 Å². The highest BCUT2D eigenvalue weighted by atomic mass is 32.1. The molecule has 0 atom stereocenters. The first-order valence-electron chi connectivity index (χ1n) is 9.01. The summed E-state index contributed by atoms with van der Waals surface area (Å²) in [7, 11) is 0. The van der Waals surface area contributed by atoms with Crippen LogP contribution in [-0.2, 0) is 11.2 Å². The minimum absolute atomic E-state index is 0.124. The highest BCUT2D eigenvalue weighted by molar-refractivity contribution is 7.08. The van der Waals surface area contributed by atoms with Gasteiger partial charge in [0.2, 0.25) is 17.7 Å². The van der Waals surface area contributed by atoms with Crippen LogP contribution in [0.25, 0.3) is 11.5 Å². The number of amides is 1. The summed E-state index contributed by atoms with van der Waals surface area (Å²) < 4.78 is 11.4. The third kappa shape index (κ3) is 4.85. The van der Waals surface area contributed by atoms with Crippen molar-refractivity contribution in [3.05, 3.63) is 71.0 Å². The molecule has 29 heavy (non-hydrogen) atoms. The Morgan fingerprint density at radius 1 is 1.24 bits per heavy atom. The lowest BCUT2D eigenvalue weighted by molar-refractivity contribution is -0.116. The number of rotatable bonds is 7. The molecule has 1 aromatic carbocycles. The number of nitrogens with zero attached hydrogens (tertiary/aromatic N) is 3. The number of benzene rings is 1. The van der Waals surface area contributed by atoms with Crippen LogP contribution in [0, 0.1) is 6.92 Å². The Labute approximate surface area is 171 Å². The van der Waals surface area contributed by atoms with Gasteiger partial charge in [0.05, 0.1) is 6.20 Å². The number of hydrogen-bond donors (Lipinski definition) is 1. The van der Waals surface area contributed by atoms with Crippen LogP contribution in [-0.4, -0.2) is 21.1 Å². The van der Waals surface area contributed by atoms with Crippen molar-refractivity contribution < 1.29 is 13.9 Å². The molecule has 0 unspecified atom stereocenters. The molecule has 0 saturated heterocycles. The lowest BCUT2D eigenvalue weighted by Gasteiger charge is -2.11. The maximum Gasteiger partial charge on any atom is 0.248 e. The summed E-state index contributed by atoms with van der Waals surface area (Å²) in [6.45, 7) is 1.92. The van der Waals surface area contributed by atoms with Crippen molar-refractivity contribution in [1.29, 1.82) is 0 Å². The van der Waals surface area contributed by atoms with Gasteiger partial charge in [-0.3, -0.25) is 9.78 Å². The molecule has 3 aromatic heterocycles. The summed E-state index contributed by atoms with van der Waals surface area (Å²) in [4.78, 5) is 16.3. The maximum absolute atomic E-state index is 12.3. The minimum atomic E-state index is -0.124. The van der Waals surface area contributed by atoms with E-state index < -0.39 is 0 Å². The van der Waals surface area contributed by atoms with E-state index in [-0.39, 0.29) is 12.3 Å². The number of anilines is 1. The first kappa shape index (κ1) is 18.8. The molecule has 1 amide bonds. The average molecular weight is 406 g/mol. The Morgan fingerprint density at radius 2 is 2.17 bits per heavy atom. The molecule has 7 nitrogen and oxygen atoms in total. The molecule has 0 aliphatic heterocycles. The van der Waals surface area contributed by atoms with Crippen molar-refractivity contribution in [2.24, 2.45) is 0 Å². The summed E-state index contributed by atoms with van der Waals surface area (Å²) >= 11 is 1.56. The van der Waals surface area contributed by atoms with E-state index >= 15 is 0 Å². The highest BCUT2D eigenvalue weighted by Crippen LogP contribution is 2.27. The lowest BCUT2D eigenvalue weighted by Crippen LogP contribution is -2.12. The molecule has 4 aromatic rings. The summed E-state index contributed by atoms with van der Waals surface area (Å²) in [6, 6.07) is 11.1. The van der Waals surface area contributed by atoms with E-state index in [1.165, 1.54) is 0 Å². The summed E-state index contributed by atoms with van der Waals surface area (Å²) in [5.74, 6) is 2.16. The van der Waals surface area contributed by atoms with E-state index in [4.69, 9.17) is 9.15 Å². The number of hydrogen-bond acceptors (Lipinski definition) is 7. The zero-order valence-corrected chi connectivity index (χ0v) is 16.5. The third-order valence-corrected chi connectivity index (χ3v) is 4.81. The highest BCUT2D eigenvalue weighted by Gasteiger charge is 2.11. The average Bonchev–Trinajstić information content (AvgIpc) is 3.41. The molecule has 1 N–H and O–H groups in total. The number of nitrogens with one attached hydrogen (secondary N) is 1. The Kier molecular flexibility index (Phi) is 5.62. The largest absolute Gasteiger partial charge is 0.455 e. The van der Waals surface area contributed by atoms with Gasteiger partial charge in [-0.1, -0.05) is 0 Å². The monoisotopic (exact) mass is 406 g/mol. The van der Waals surface area contributed by atoms with Gasteiger partial charge >= 0.3 is 0 Å². The number of carbonyl (C=O) groups excluding carboxylic acids is 1. The smallest absolute Gasteiger partial charge is 0.248 e. The molecule has 0 radical (unpaired) electrons. The van der Waals surface area contributed by atoms with Gasteiger partial charge in [-0.05, 0) is 54.3 Å². The van der Waals surface area contributed by atoms with Crippen LogP contribution in [0.3, 0.4) is 0 Å². The molecule has 3 heterocycles. The Balaban J connectivity index is 1.32. The fraction of sp³-hybridized carbons (Fsp3) is 0.143. The molecule has 0 fully saturated rings. The molecule has 0 aliphatic carbocycles. The number of aromatic nitrogens is 3. The van der Waals surface area contributed by atoms with E-state index in [1.54, 1.807) is 29.8 Å². The van der Waals surface area contributed by atoms with Crippen molar-refractivity contribution in [1.82, 2.24) is 15.2 Å². The number of ether oxygens (including phenoxy) is 1. The zero-order chi connectivity index (χ0) is 20.1. The summed E-state index contributed by atoms with van der Waals surface area (Å²) in [5, 5.41) is 14.8. The van der Waals surface area contributed by atoms with Gasteiger partial charge < -0.3 is 14.5 Å². The zero-order valence-electron chi connectivity index (χ0n) is 15.7. The van der Waals surface area contributed by atoms with Crippen LogP contribution in [0.15, 0.2) is 64.0 Å². The van der Waals surface area contributed by atoms with Crippen LogP contribution in [0.2, 0.25) is 0 Å². The van der Waals surface area contributed by atoms with E-state index in [1.807, 2.05) is 48.0 Å². The first-order valence-corrected chi connectivity index (χ1v) is 9.95. The Hall–Kier alpha value is -3.52. The number of thiophene rings is 1. The second kappa shape index (κ2) is 8.66. The van der Waals surface area contributed by atoms with Crippen molar-refractivity contribution >= 4 is 22.9 Å². The maximum atomic E-state index is 12.3. The number of carbonyl (C=O) groups is 1. The van der Waals surface area contributed by atoms with Crippen LogP contribution < -0.4 is 10.1 Å². The molecule has 146 valence electrons. The molecule has 0 aliphatic rings. The summed E-state index contributed by atoms with van der Waals surface area (Å²) in [6.07, 6.45) is 3.97. The van der Waals surface area contributed by atoms with Crippen molar-refractivity contribution in [3.63, 3.8) is 0 Å². The van der Waals surface area contributed by atoms with Gasteiger partial charge in [-0.2, -0.15) is 11.3 Å². The second-order valence-electron chi connectivity index (χ2n) is 6.33. The predicted molar refractivity (Wildman–Crippen MR) is 110 cm³/mol. The Morgan fingerprint density at radius 3 is 2.93 bits per heavy atom. The molecule has 8 heteroatoms. The fourth-order valence-corrected chi connectivity index (χ4v) is 3.31. The molecular formula is C21H18N4O3S. The van der Waals surface area contributed by atoms with Gasteiger partial charge in [0.1, 0.15) is 11.5 Å². The van der Waals surface area contributed by atoms with Crippen molar-refractivity contribution in [3.8, 4) is 23.0 Å². The fourth-order valence-electron chi connectivity index (χ4n) is 2.68. The molecular weight excluding hydrogens is 388 g/mol. The second-order valence-corrected chi connectivity index (χ2v) is 7.11. The minimum Gasteiger partial charge on any atom is -0.455 e. The van der Waals surface area contributed by atoms with Crippen LogP contribution in [0.5, 0.6) is 11.5 Å². The standard InChI is InChI=1S/C21H18N4O3S/c1-14-11-16(4-5-18(14)27-17-3-2-9-22-12-17)23-19(26)6-7-20-24-25-21(28-20)15-8-10-29-13-15/h2-5,8-13H,6-7H2,1H3,(H,23,26). The third-order valence-electron chi connectivity index (χ3n) is 4.12. The van der Waals surface area contributed by atoms with Crippen molar-refractivity contribution in [2.45, 2.75) is 19.8 Å². The molecule has 0 saturated carbocycles. The molecule has 0 bridgehead atoms. The predicted octanol–water partition coefficient (Wildman–Crippen LogP) is 4.87. The van der Waals surface area contributed by atoms with Gasteiger partial charge in [0.25, 0.3) is 0 Å². The van der Waals surface area contributed by atoms with E-state index in [0.717, 1.165) is 11.1 Å². The normalized spacial score (nSPS) is 10.7. The number of pyridine rings is 1. The topological polar surface area (TPSA) is 90.1 Å². The molecule has 0 spiro atoms. The van der Waals surface area contributed by atoms with Gasteiger partial charge in [-0.25, -0.2) is 0 Å². The quantitative estimate of drug-likeness (QED) is 0.471. The Bertz CT molecular complexity index is 1090. The first-order chi connectivity index (χ1) is 14.2. The van der Waals surface area contributed by atoms with E-state index in [9.17, 15) is 4.79 Å². The van der Waals surface area contributed by atoms with Crippen LogP contribution in [0.4, 0.5) is 5.69 Å². The lowest BCUT2D eigenvalue weighted by atomic mass is 10.2. The van der Waals surface area contributed by atoms with Gasteiger partial charge in [-0.15, -0.1) is 10.2 Å². The number of aryl methyl sites for hydroxylation is 2. The van der Waals surface area contributed by atoms with E-state index in [2.05, 4.69) is 20.5 Å².